The van der Waals surface area contributed by atoms with E-state index < -0.39 is 25.0 Å². The summed E-state index contributed by atoms with van der Waals surface area (Å²) < 4.78 is 23.7. The average Bonchev–Trinajstić information content (AvgIpc) is 2.37. The second-order valence-corrected chi connectivity index (χ2v) is 3.81. The van der Waals surface area contributed by atoms with Crippen LogP contribution in [0.3, 0.4) is 0 Å². The largest absolute Gasteiger partial charge is 0.394 e. The van der Waals surface area contributed by atoms with Gasteiger partial charge in [0.1, 0.15) is 0 Å². The van der Waals surface area contributed by atoms with Crippen LogP contribution < -0.4 is 10.6 Å². The van der Waals surface area contributed by atoms with Crippen molar-refractivity contribution in [3.63, 3.8) is 0 Å². The van der Waals surface area contributed by atoms with Crippen molar-refractivity contribution in [1.29, 1.82) is 0 Å². The van der Waals surface area contributed by atoms with Crippen molar-refractivity contribution in [3.8, 4) is 0 Å². The maximum absolute atomic E-state index is 11.9. The summed E-state index contributed by atoms with van der Waals surface area (Å²) >= 11 is 0. The maximum atomic E-state index is 11.9. The molecule has 6 heteroatoms. The van der Waals surface area contributed by atoms with Gasteiger partial charge in [-0.25, -0.2) is 13.6 Å². The van der Waals surface area contributed by atoms with Gasteiger partial charge in [0, 0.05) is 0 Å². The van der Waals surface area contributed by atoms with E-state index in [0.717, 1.165) is 5.56 Å². The van der Waals surface area contributed by atoms with Gasteiger partial charge in [-0.1, -0.05) is 30.3 Å². The zero-order valence-electron chi connectivity index (χ0n) is 9.77. The highest BCUT2D eigenvalue weighted by Gasteiger charge is 2.12. The minimum atomic E-state index is -2.59. The molecule has 0 heterocycles. The Morgan fingerprint density at radius 3 is 2.50 bits per heavy atom. The third-order valence-electron chi connectivity index (χ3n) is 2.30. The predicted molar refractivity (Wildman–Crippen MR) is 63.6 cm³/mol. The standard InChI is InChI=1S/C12H16F2N2O2/c13-11(14)7-15-12(18)16-10(8-17)6-9-4-2-1-3-5-9/h1-5,10-11,17H,6-8H2,(H2,15,16,18)/t10-/m0/s1. The summed E-state index contributed by atoms with van der Waals surface area (Å²) in [6.45, 7) is -0.952. The first-order valence-electron chi connectivity index (χ1n) is 5.59. The lowest BCUT2D eigenvalue weighted by Crippen LogP contribution is -2.46. The fourth-order valence-corrected chi connectivity index (χ4v) is 1.47. The van der Waals surface area contributed by atoms with Gasteiger partial charge in [0.05, 0.1) is 19.2 Å². The number of rotatable bonds is 6. The van der Waals surface area contributed by atoms with Crippen molar-refractivity contribution in [1.82, 2.24) is 10.6 Å². The van der Waals surface area contributed by atoms with Gasteiger partial charge in [-0.05, 0) is 12.0 Å². The van der Waals surface area contributed by atoms with E-state index in [-0.39, 0.29) is 6.61 Å². The zero-order valence-corrected chi connectivity index (χ0v) is 9.77. The number of carbonyl (C=O) groups excluding carboxylic acids is 1. The third kappa shape index (κ3) is 5.58. The zero-order chi connectivity index (χ0) is 13.4. The molecule has 1 aromatic carbocycles. The minimum absolute atomic E-state index is 0.253. The molecule has 4 nitrogen and oxygen atoms in total. The van der Waals surface area contributed by atoms with Crippen molar-refractivity contribution < 1.29 is 18.7 Å². The number of hydrogen-bond acceptors (Lipinski definition) is 2. The molecule has 0 saturated carbocycles. The van der Waals surface area contributed by atoms with Gasteiger partial charge in [0.15, 0.2) is 0 Å². The summed E-state index contributed by atoms with van der Waals surface area (Å²) in [5, 5.41) is 13.6. The van der Waals surface area contributed by atoms with Gasteiger partial charge in [-0.15, -0.1) is 0 Å². The Hall–Kier alpha value is -1.69. The van der Waals surface area contributed by atoms with Crippen molar-refractivity contribution in [2.24, 2.45) is 0 Å². The molecule has 0 fully saturated rings. The molecule has 0 aliphatic heterocycles. The second-order valence-electron chi connectivity index (χ2n) is 3.81. The third-order valence-corrected chi connectivity index (χ3v) is 2.30. The number of amides is 2. The number of alkyl halides is 2. The van der Waals surface area contributed by atoms with Crippen molar-refractivity contribution in [3.05, 3.63) is 35.9 Å². The van der Waals surface area contributed by atoms with Gasteiger partial charge in [-0.2, -0.15) is 0 Å². The second kappa shape index (κ2) is 7.60. The SMILES string of the molecule is O=C(NCC(F)F)N[C@H](CO)Cc1ccccc1. The van der Waals surface area contributed by atoms with E-state index in [0.29, 0.717) is 6.42 Å². The molecule has 1 atom stereocenters. The first-order valence-corrected chi connectivity index (χ1v) is 5.59. The number of carbonyl (C=O) groups is 1. The van der Waals surface area contributed by atoms with Crippen molar-refractivity contribution >= 4 is 6.03 Å². The van der Waals surface area contributed by atoms with Crippen molar-refractivity contribution in [2.45, 2.75) is 18.9 Å². The molecule has 2 amide bonds. The summed E-state index contributed by atoms with van der Waals surface area (Å²) in [5.41, 5.74) is 0.950. The number of halogens is 2. The normalized spacial score (nSPS) is 12.2. The Morgan fingerprint density at radius 2 is 1.94 bits per heavy atom. The summed E-state index contributed by atoms with van der Waals surface area (Å²) in [4.78, 5) is 11.2. The summed E-state index contributed by atoms with van der Waals surface area (Å²) in [6.07, 6.45) is -2.14. The van der Waals surface area contributed by atoms with Crippen LogP contribution in [0.1, 0.15) is 5.56 Å². The first-order chi connectivity index (χ1) is 8.61. The van der Waals surface area contributed by atoms with Crippen LogP contribution in [0.4, 0.5) is 13.6 Å². The summed E-state index contributed by atoms with van der Waals surface area (Å²) in [6, 6.07) is 8.08. The monoisotopic (exact) mass is 258 g/mol. The van der Waals surface area contributed by atoms with E-state index in [9.17, 15) is 13.6 Å². The van der Waals surface area contributed by atoms with Gasteiger partial charge in [0.25, 0.3) is 6.43 Å². The Morgan fingerprint density at radius 1 is 1.28 bits per heavy atom. The number of nitrogens with one attached hydrogen (secondary N) is 2. The molecule has 18 heavy (non-hydrogen) atoms. The Bertz CT molecular complexity index is 360. The van der Waals surface area contributed by atoms with Gasteiger partial charge < -0.3 is 15.7 Å². The Balaban J connectivity index is 2.40. The van der Waals surface area contributed by atoms with Crippen LogP contribution in [0.15, 0.2) is 30.3 Å². The first kappa shape index (κ1) is 14.4. The summed E-state index contributed by atoms with van der Waals surface area (Å²) in [7, 11) is 0. The lowest BCUT2D eigenvalue weighted by molar-refractivity contribution is 0.145. The number of aliphatic hydroxyl groups excluding tert-OH is 1. The Kier molecular flexibility index (Phi) is 6.07. The quantitative estimate of drug-likeness (QED) is 0.717. The lowest BCUT2D eigenvalue weighted by atomic mass is 10.1. The average molecular weight is 258 g/mol. The van der Waals surface area contributed by atoms with Crippen LogP contribution in [-0.2, 0) is 6.42 Å². The van der Waals surface area contributed by atoms with Gasteiger partial charge >= 0.3 is 6.03 Å². The van der Waals surface area contributed by atoms with E-state index in [1.54, 1.807) is 0 Å². The van der Waals surface area contributed by atoms with Crippen LogP contribution in [-0.4, -0.2) is 36.8 Å². The van der Waals surface area contributed by atoms with E-state index in [1.165, 1.54) is 0 Å². The Labute approximate surface area is 104 Å². The van der Waals surface area contributed by atoms with Gasteiger partial charge in [0.2, 0.25) is 0 Å². The molecule has 0 spiro atoms. The van der Waals surface area contributed by atoms with Crippen LogP contribution in [0.5, 0.6) is 0 Å². The van der Waals surface area contributed by atoms with Crippen molar-refractivity contribution in [2.75, 3.05) is 13.2 Å². The van der Waals surface area contributed by atoms with Gasteiger partial charge in [-0.3, -0.25) is 0 Å². The molecular formula is C12H16F2N2O2. The van der Waals surface area contributed by atoms with E-state index >= 15 is 0 Å². The predicted octanol–water partition coefficient (Wildman–Crippen LogP) is 1.15. The number of hydrogen-bond donors (Lipinski definition) is 3. The minimum Gasteiger partial charge on any atom is -0.394 e. The molecule has 0 aliphatic carbocycles. The highest BCUT2D eigenvalue weighted by Crippen LogP contribution is 2.02. The van der Waals surface area contributed by atoms with E-state index in [4.69, 9.17) is 5.11 Å². The highest BCUT2D eigenvalue weighted by atomic mass is 19.3. The lowest BCUT2D eigenvalue weighted by Gasteiger charge is -2.16. The van der Waals surface area contributed by atoms with Crippen LogP contribution in [0.25, 0.3) is 0 Å². The fourth-order valence-electron chi connectivity index (χ4n) is 1.47. The van der Waals surface area contributed by atoms with E-state index in [1.807, 2.05) is 35.6 Å². The van der Waals surface area contributed by atoms with Crippen LogP contribution >= 0.6 is 0 Å². The molecule has 1 aromatic rings. The number of benzene rings is 1. The smallest absolute Gasteiger partial charge is 0.315 e. The van der Waals surface area contributed by atoms with Crippen LogP contribution in [0, 0.1) is 0 Å². The molecule has 0 saturated heterocycles. The molecule has 0 unspecified atom stereocenters. The molecule has 0 bridgehead atoms. The highest BCUT2D eigenvalue weighted by molar-refractivity contribution is 5.74. The number of aliphatic hydroxyl groups is 1. The summed E-state index contributed by atoms with van der Waals surface area (Å²) in [5.74, 6) is 0. The molecule has 100 valence electrons. The molecule has 1 rings (SSSR count). The van der Waals surface area contributed by atoms with E-state index in [2.05, 4.69) is 5.32 Å². The fraction of sp³-hybridized carbons (Fsp3) is 0.417. The molecule has 0 radical (unpaired) electrons. The molecular weight excluding hydrogens is 242 g/mol. The maximum Gasteiger partial charge on any atom is 0.315 e. The number of urea groups is 1. The molecule has 0 aromatic heterocycles. The topological polar surface area (TPSA) is 61.4 Å². The molecule has 3 N–H and O–H groups in total. The molecule has 0 aliphatic rings. The van der Waals surface area contributed by atoms with Crippen LogP contribution in [0.2, 0.25) is 0 Å².